The van der Waals surface area contributed by atoms with Crippen LogP contribution in [0.15, 0.2) is 29.9 Å². The minimum absolute atomic E-state index is 0.0794. The van der Waals surface area contributed by atoms with Crippen LogP contribution in [0.1, 0.15) is 36.7 Å². The van der Waals surface area contributed by atoms with Gasteiger partial charge in [0.25, 0.3) is 0 Å². The summed E-state index contributed by atoms with van der Waals surface area (Å²) in [6.07, 6.45) is 1.71. The molecule has 0 saturated carbocycles. The normalized spacial score (nSPS) is 11.0. The van der Waals surface area contributed by atoms with E-state index in [1.807, 2.05) is 19.1 Å². The largest absolute Gasteiger partial charge is 0.485 e. The van der Waals surface area contributed by atoms with Crippen molar-refractivity contribution in [3.63, 3.8) is 0 Å². The number of ether oxygens (including phenoxy) is 1. The van der Waals surface area contributed by atoms with Crippen LogP contribution in [-0.4, -0.2) is 31.6 Å². The third kappa shape index (κ3) is 5.02. The molecule has 1 heterocycles. The molecule has 1 aromatic heterocycles. The van der Waals surface area contributed by atoms with Gasteiger partial charge in [0.05, 0.1) is 5.75 Å². The quantitative estimate of drug-likeness (QED) is 0.503. The number of hydrogen-bond donors (Lipinski definition) is 1. The molecular formula is C18H22ClN3O3S. The highest BCUT2D eigenvalue weighted by Gasteiger charge is 2.16. The summed E-state index contributed by atoms with van der Waals surface area (Å²) in [7, 11) is 0. The lowest BCUT2D eigenvalue weighted by molar-refractivity contribution is -0.133. The van der Waals surface area contributed by atoms with E-state index in [1.54, 1.807) is 10.6 Å². The molecule has 0 unspecified atom stereocenters. The lowest BCUT2D eigenvalue weighted by Crippen LogP contribution is -2.09. The molecule has 0 atom stereocenters. The topological polar surface area (TPSA) is 77.2 Å². The van der Waals surface area contributed by atoms with Crippen LogP contribution in [0, 0.1) is 6.92 Å². The summed E-state index contributed by atoms with van der Waals surface area (Å²) in [5.74, 6) is 0.647. The Labute approximate surface area is 162 Å². The van der Waals surface area contributed by atoms with E-state index in [-0.39, 0.29) is 18.3 Å². The Morgan fingerprint density at radius 2 is 2.19 bits per heavy atom. The second-order valence-corrected chi connectivity index (χ2v) is 7.41. The second-order valence-electron chi connectivity index (χ2n) is 6.06. The van der Waals surface area contributed by atoms with Crippen molar-refractivity contribution in [3.8, 4) is 5.75 Å². The van der Waals surface area contributed by atoms with Crippen LogP contribution in [-0.2, 0) is 17.9 Å². The van der Waals surface area contributed by atoms with Gasteiger partial charge in [0.15, 0.2) is 11.0 Å². The van der Waals surface area contributed by atoms with Crippen molar-refractivity contribution < 1.29 is 14.6 Å². The molecule has 6 nitrogen and oxygen atoms in total. The van der Waals surface area contributed by atoms with Gasteiger partial charge in [-0.2, -0.15) is 0 Å². The van der Waals surface area contributed by atoms with Gasteiger partial charge in [-0.05, 0) is 36.1 Å². The lowest BCUT2D eigenvalue weighted by Gasteiger charge is -2.16. The first-order valence-corrected chi connectivity index (χ1v) is 9.50. The minimum atomic E-state index is -0.904. The fraction of sp³-hybridized carbons (Fsp3) is 0.389. The van der Waals surface area contributed by atoms with Gasteiger partial charge in [-0.1, -0.05) is 43.3 Å². The molecule has 0 saturated heterocycles. The van der Waals surface area contributed by atoms with E-state index in [0.29, 0.717) is 22.5 Å². The van der Waals surface area contributed by atoms with Gasteiger partial charge in [-0.25, -0.2) is 0 Å². The Bertz CT molecular complexity index is 805. The Morgan fingerprint density at radius 1 is 1.46 bits per heavy atom. The molecule has 0 aliphatic carbocycles. The first-order chi connectivity index (χ1) is 12.3. The van der Waals surface area contributed by atoms with Gasteiger partial charge in [0.1, 0.15) is 12.4 Å². The molecule has 0 bridgehead atoms. The zero-order chi connectivity index (χ0) is 19.3. The van der Waals surface area contributed by atoms with Gasteiger partial charge in [0, 0.05) is 11.6 Å². The number of nitrogens with zero attached hydrogens (tertiary/aromatic N) is 3. The maximum absolute atomic E-state index is 10.8. The summed E-state index contributed by atoms with van der Waals surface area (Å²) >= 11 is 7.35. The number of carbonyl (C=O) groups is 1. The maximum Gasteiger partial charge on any atom is 0.313 e. The number of aliphatic carboxylic acids is 1. The lowest BCUT2D eigenvalue weighted by atomic mass is 10.0. The Hall–Kier alpha value is -1.99. The molecule has 0 amide bonds. The number of aromatic nitrogens is 3. The first-order valence-electron chi connectivity index (χ1n) is 8.13. The van der Waals surface area contributed by atoms with Gasteiger partial charge in [0.2, 0.25) is 0 Å². The number of hydrogen-bond acceptors (Lipinski definition) is 5. The summed E-state index contributed by atoms with van der Waals surface area (Å²) in [6, 6.07) is 3.85. The van der Waals surface area contributed by atoms with E-state index in [9.17, 15) is 4.79 Å². The van der Waals surface area contributed by atoms with Crippen molar-refractivity contribution in [1.82, 2.24) is 14.8 Å². The molecular weight excluding hydrogens is 374 g/mol. The van der Waals surface area contributed by atoms with Crippen LogP contribution in [0.4, 0.5) is 0 Å². The second kappa shape index (κ2) is 9.09. The number of carboxylic acid groups (broad SMARTS) is 1. The number of thioether (sulfide) groups is 1. The average Bonchev–Trinajstić information content (AvgIpc) is 2.95. The van der Waals surface area contributed by atoms with Crippen LogP contribution in [0.3, 0.4) is 0 Å². The van der Waals surface area contributed by atoms with Gasteiger partial charge < -0.3 is 9.84 Å². The van der Waals surface area contributed by atoms with Crippen molar-refractivity contribution in [3.05, 3.63) is 46.8 Å². The van der Waals surface area contributed by atoms with Crippen molar-refractivity contribution in [2.45, 2.75) is 45.0 Å². The van der Waals surface area contributed by atoms with Gasteiger partial charge >= 0.3 is 5.97 Å². The summed E-state index contributed by atoms with van der Waals surface area (Å²) in [5, 5.41) is 18.3. The average molecular weight is 396 g/mol. The van der Waals surface area contributed by atoms with Crippen molar-refractivity contribution in [2.75, 3.05) is 5.75 Å². The van der Waals surface area contributed by atoms with Crippen molar-refractivity contribution in [1.29, 1.82) is 0 Å². The number of halogens is 1. The summed E-state index contributed by atoms with van der Waals surface area (Å²) in [5.41, 5.74) is 1.96. The smallest absolute Gasteiger partial charge is 0.313 e. The fourth-order valence-electron chi connectivity index (χ4n) is 2.36. The van der Waals surface area contributed by atoms with Crippen LogP contribution in [0.25, 0.3) is 0 Å². The zero-order valence-corrected chi connectivity index (χ0v) is 16.6. The van der Waals surface area contributed by atoms with E-state index < -0.39 is 5.97 Å². The predicted octanol–water partition coefficient (Wildman–Crippen LogP) is 4.31. The zero-order valence-electron chi connectivity index (χ0n) is 15.0. The first kappa shape index (κ1) is 20.3. The standard InChI is InChI=1S/C18H22ClN3O3S/c1-5-6-22-16(20-21-18(22)26-10-17(23)24)9-25-15-7-12(4)14(19)8-13(15)11(2)3/h5,7-8,11H,1,6,9-10H2,2-4H3,(H,23,24). The minimum Gasteiger partial charge on any atom is -0.485 e. The summed E-state index contributed by atoms with van der Waals surface area (Å²) in [6.45, 7) is 10.5. The molecule has 2 aromatic rings. The third-order valence-electron chi connectivity index (χ3n) is 3.70. The molecule has 0 fully saturated rings. The molecule has 1 N–H and O–H groups in total. The van der Waals surface area contributed by atoms with Crippen LogP contribution >= 0.6 is 23.4 Å². The van der Waals surface area contributed by atoms with Gasteiger partial charge in [-0.3, -0.25) is 9.36 Å². The highest BCUT2D eigenvalue weighted by molar-refractivity contribution is 7.99. The Balaban J connectivity index is 2.23. The van der Waals surface area contributed by atoms with Crippen LogP contribution in [0.5, 0.6) is 5.75 Å². The molecule has 1 aromatic carbocycles. The Morgan fingerprint density at radius 3 is 2.81 bits per heavy atom. The number of allylic oxidation sites excluding steroid dienone is 1. The molecule has 0 aliphatic rings. The molecule has 26 heavy (non-hydrogen) atoms. The Kier molecular flexibility index (Phi) is 7.11. The van der Waals surface area contributed by atoms with E-state index >= 15 is 0 Å². The molecule has 140 valence electrons. The monoisotopic (exact) mass is 395 g/mol. The highest BCUT2D eigenvalue weighted by atomic mass is 35.5. The van der Waals surface area contributed by atoms with E-state index in [0.717, 1.165) is 28.6 Å². The van der Waals surface area contributed by atoms with Gasteiger partial charge in [-0.15, -0.1) is 16.8 Å². The molecule has 8 heteroatoms. The van der Waals surface area contributed by atoms with E-state index in [2.05, 4.69) is 30.6 Å². The molecule has 2 rings (SSSR count). The number of rotatable bonds is 9. The summed E-state index contributed by atoms with van der Waals surface area (Å²) in [4.78, 5) is 10.8. The third-order valence-corrected chi connectivity index (χ3v) is 5.06. The van der Waals surface area contributed by atoms with Crippen molar-refractivity contribution >= 4 is 29.3 Å². The maximum atomic E-state index is 10.8. The fourth-order valence-corrected chi connectivity index (χ4v) is 3.22. The number of benzene rings is 1. The number of aryl methyl sites for hydroxylation is 1. The predicted molar refractivity (Wildman–Crippen MR) is 103 cm³/mol. The summed E-state index contributed by atoms with van der Waals surface area (Å²) < 4.78 is 7.81. The number of carboxylic acids is 1. The SMILES string of the molecule is C=CCn1c(COc2cc(C)c(Cl)cc2C(C)C)nnc1SCC(=O)O. The van der Waals surface area contributed by atoms with Crippen molar-refractivity contribution in [2.24, 2.45) is 0 Å². The van der Waals surface area contributed by atoms with E-state index in [4.69, 9.17) is 21.4 Å². The molecule has 0 radical (unpaired) electrons. The highest BCUT2D eigenvalue weighted by Crippen LogP contribution is 2.32. The molecule has 0 spiro atoms. The van der Waals surface area contributed by atoms with Crippen LogP contribution < -0.4 is 4.74 Å². The van der Waals surface area contributed by atoms with Crippen LogP contribution in [0.2, 0.25) is 5.02 Å². The van der Waals surface area contributed by atoms with E-state index in [1.165, 1.54) is 0 Å². The molecule has 0 aliphatic heterocycles.